The highest BCUT2D eigenvalue weighted by Gasteiger charge is 2.23. The van der Waals surface area contributed by atoms with Gasteiger partial charge in [0.2, 0.25) is 0 Å². The fourth-order valence-electron chi connectivity index (χ4n) is 4.31. The van der Waals surface area contributed by atoms with Crippen LogP contribution in [-0.4, -0.2) is 55.7 Å². The van der Waals surface area contributed by atoms with Crippen LogP contribution in [0, 0.1) is 0 Å². The van der Waals surface area contributed by atoms with E-state index in [4.69, 9.17) is 4.99 Å². The van der Waals surface area contributed by atoms with Gasteiger partial charge in [-0.15, -0.1) is 0 Å². The van der Waals surface area contributed by atoms with Gasteiger partial charge < -0.3 is 15.0 Å². The number of aromatic amines is 1. The Balaban J connectivity index is 1.62. The number of rotatable bonds is 6. The second-order valence-corrected chi connectivity index (χ2v) is 8.33. The molecule has 0 saturated carbocycles. The molecule has 0 spiro atoms. The average molecular weight is 426 g/mol. The van der Waals surface area contributed by atoms with Crippen LogP contribution in [0.5, 0.6) is 5.88 Å². The summed E-state index contributed by atoms with van der Waals surface area (Å²) in [6.07, 6.45) is 6.31. The van der Waals surface area contributed by atoms with E-state index in [2.05, 4.69) is 28.8 Å². The van der Waals surface area contributed by atoms with Gasteiger partial charge in [-0.05, 0) is 51.3 Å². The summed E-state index contributed by atoms with van der Waals surface area (Å²) in [7, 11) is 0. The summed E-state index contributed by atoms with van der Waals surface area (Å²) < 4.78 is 15.2. The number of aliphatic imine (C=N–C) groups is 1. The lowest BCUT2D eigenvalue weighted by Crippen LogP contribution is -2.39. The number of hydrogen-bond donors (Lipinski definition) is 2. The molecular weight excluding hydrogens is 397 g/mol. The zero-order chi connectivity index (χ0) is 22.1. The molecule has 0 radical (unpaired) electrons. The van der Waals surface area contributed by atoms with E-state index in [0.717, 1.165) is 25.9 Å². The van der Waals surface area contributed by atoms with Gasteiger partial charge in [0.1, 0.15) is 5.69 Å². The highest BCUT2D eigenvalue weighted by Crippen LogP contribution is 2.31. The number of nitrogens with zero attached hydrogens (tertiary/aromatic N) is 4. The Morgan fingerprint density at radius 1 is 1.35 bits per heavy atom. The number of benzene rings is 1. The number of aromatic hydroxyl groups is 1. The zero-order valence-corrected chi connectivity index (χ0v) is 18.1. The molecule has 1 saturated heterocycles. The number of hydrogen-bond acceptors (Lipinski definition) is 5. The maximum atomic E-state index is 13.2. The van der Waals surface area contributed by atoms with E-state index < -0.39 is 6.04 Å². The van der Waals surface area contributed by atoms with E-state index >= 15 is 0 Å². The molecule has 4 rings (SSSR count). The number of carbonyl (C=O) groups is 1. The van der Waals surface area contributed by atoms with Crippen molar-refractivity contribution in [2.45, 2.75) is 52.1 Å². The highest BCUT2D eigenvalue weighted by atomic mass is 19.1. The third-order valence-corrected chi connectivity index (χ3v) is 6.08. The molecule has 3 heterocycles. The van der Waals surface area contributed by atoms with Gasteiger partial charge in [0.05, 0.1) is 35.3 Å². The summed E-state index contributed by atoms with van der Waals surface area (Å²) in [6, 6.07) is 3.82. The molecule has 0 aliphatic carbocycles. The summed E-state index contributed by atoms with van der Waals surface area (Å²) in [4.78, 5) is 21.2. The second kappa shape index (κ2) is 8.63. The van der Waals surface area contributed by atoms with E-state index in [9.17, 15) is 14.3 Å². The van der Waals surface area contributed by atoms with Crippen molar-refractivity contribution in [1.29, 1.82) is 0 Å². The van der Waals surface area contributed by atoms with E-state index in [0.29, 0.717) is 46.4 Å². The average Bonchev–Trinajstić information content (AvgIpc) is 3.35. The minimum atomic E-state index is -1.51. The van der Waals surface area contributed by atoms with Gasteiger partial charge in [0, 0.05) is 30.0 Å². The molecule has 2 N–H and O–H groups in total. The lowest BCUT2D eigenvalue weighted by molar-refractivity contribution is 0.0836. The van der Waals surface area contributed by atoms with Crippen molar-refractivity contribution in [2.75, 3.05) is 13.1 Å². The molecule has 164 valence electrons. The minimum absolute atomic E-state index is 0.0486. The summed E-state index contributed by atoms with van der Waals surface area (Å²) >= 11 is 0. The van der Waals surface area contributed by atoms with Gasteiger partial charge in [-0.25, -0.2) is 4.99 Å². The molecule has 1 fully saturated rings. The van der Waals surface area contributed by atoms with Gasteiger partial charge in [-0.3, -0.25) is 9.48 Å². The maximum absolute atomic E-state index is 13.2. The molecule has 7 nitrogen and oxygen atoms in total. The number of halogens is 1. The van der Waals surface area contributed by atoms with Crippen LogP contribution in [-0.2, 0) is 0 Å². The Hall–Kier alpha value is -3.00. The van der Waals surface area contributed by atoms with Crippen molar-refractivity contribution in [3.63, 3.8) is 0 Å². The van der Waals surface area contributed by atoms with Crippen molar-refractivity contribution in [3.05, 3.63) is 41.7 Å². The quantitative estimate of drug-likeness (QED) is 0.441. The molecule has 0 atom stereocenters. The molecule has 1 aromatic carbocycles. The van der Waals surface area contributed by atoms with Crippen LogP contribution in [0.15, 0.2) is 35.6 Å². The van der Waals surface area contributed by atoms with Crippen molar-refractivity contribution < 1.29 is 14.3 Å². The maximum Gasteiger partial charge on any atom is 0.332 e. The number of piperidine rings is 1. The molecule has 31 heavy (non-hydrogen) atoms. The number of nitrogens with one attached hydrogen (secondary N) is 1. The molecule has 1 aliphatic rings. The van der Waals surface area contributed by atoms with E-state index in [1.807, 2.05) is 17.8 Å². The Bertz CT molecular complexity index is 1120. The van der Waals surface area contributed by atoms with Crippen LogP contribution in [0.2, 0.25) is 0 Å². The molecule has 0 bridgehead atoms. The number of carbonyl (C=O) groups excluding carboxylic acids is 1. The number of H-pyrrole nitrogens is 1. The van der Waals surface area contributed by atoms with E-state index in [-0.39, 0.29) is 11.4 Å². The summed E-state index contributed by atoms with van der Waals surface area (Å²) in [6.45, 7) is 8.49. The molecular formula is C23H28FN5O2. The second-order valence-electron chi connectivity index (χ2n) is 8.33. The van der Waals surface area contributed by atoms with Crippen LogP contribution in [0.3, 0.4) is 0 Å². The lowest BCUT2D eigenvalue weighted by atomic mass is 10.0. The minimum Gasteiger partial charge on any atom is -0.494 e. The third kappa shape index (κ3) is 4.25. The van der Waals surface area contributed by atoms with E-state index in [1.54, 1.807) is 12.3 Å². The topological polar surface area (TPSA) is 86.5 Å². The monoisotopic (exact) mass is 425 g/mol. The van der Waals surface area contributed by atoms with Gasteiger partial charge in [-0.2, -0.15) is 9.49 Å². The van der Waals surface area contributed by atoms with Crippen LogP contribution in [0.25, 0.3) is 10.9 Å². The van der Waals surface area contributed by atoms with Crippen LogP contribution in [0.4, 0.5) is 10.1 Å². The fraction of sp³-hybridized carbons (Fsp3) is 0.435. The summed E-state index contributed by atoms with van der Waals surface area (Å²) in [5, 5.41) is 15.6. The molecule has 0 unspecified atom stereocenters. The van der Waals surface area contributed by atoms with Crippen molar-refractivity contribution in [1.82, 2.24) is 19.7 Å². The first-order chi connectivity index (χ1) is 14.9. The van der Waals surface area contributed by atoms with Crippen molar-refractivity contribution >= 4 is 28.3 Å². The van der Waals surface area contributed by atoms with E-state index in [1.165, 1.54) is 12.1 Å². The normalized spacial score (nSPS) is 16.5. The Morgan fingerprint density at radius 3 is 2.74 bits per heavy atom. The Labute approximate surface area is 180 Å². The molecule has 8 heteroatoms. The lowest BCUT2D eigenvalue weighted by Gasteiger charge is -2.34. The zero-order valence-electron chi connectivity index (χ0n) is 18.1. The largest absolute Gasteiger partial charge is 0.494 e. The van der Waals surface area contributed by atoms with Crippen molar-refractivity contribution in [2.24, 2.45) is 4.99 Å². The molecule has 0 amide bonds. The van der Waals surface area contributed by atoms with Crippen molar-refractivity contribution in [3.8, 4) is 5.88 Å². The predicted octanol–water partition coefficient (Wildman–Crippen LogP) is 4.76. The molecule has 2 aromatic heterocycles. The van der Waals surface area contributed by atoms with Crippen LogP contribution in [0.1, 0.15) is 62.0 Å². The third-order valence-electron chi connectivity index (χ3n) is 6.08. The smallest absolute Gasteiger partial charge is 0.332 e. The summed E-state index contributed by atoms with van der Waals surface area (Å²) in [5.74, 6) is -0.0486. The molecule has 3 aromatic rings. The Kier molecular flexibility index (Phi) is 5.91. The molecule has 1 aliphatic heterocycles. The standard InChI is InChI=1S/C23H28FN5O2/c1-4-19(21-18-11-15(22(24)30)5-6-20(18)27-23(21)31)26-16-12-25-29(13-16)17-7-9-28(10-8-17)14(2)3/h5-6,11-14,17,27,31H,4,7-10H2,1-3H3. The highest BCUT2D eigenvalue weighted by molar-refractivity contribution is 6.14. The fourth-order valence-corrected chi connectivity index (χ4v) is 4.31. The SMILES string of the molecule is CCC(=Nc1cnn(C2CCN(C(C)C)CC2)c1)c1c(O)[nH]c2ccc(C(=O)F)cc12. The first kappa shape index (κ1) is 21.2. The van der Waals surface area contributed by atoms with Gasteiger partial charge in [-0.1, -0.05) is 6.92 Å². The number of fused-ring (bicyclic) bond motifs is 1. The first-order valence-corrected chi connectivity index (χ1v) is 10.8. The summed E-state index contributed by atoms with van der Waals surface area (Å²) in [5.41, 5.74) is 2.39. The number of aromatic nitrogens is 3. The predicted molar refractivity (Wildman–Crippen MR) is 119 cm³/mol. The van der Waals surface area contributed by atoms with Crippen LogP contribution < -0.4 is 0 Å². The van der Waals surface area contributed by atoms with Gasteiger partial charge in [0.25, 0.3) is 0 Å². The van der Waals surface area contributed by atoms with Gasteiger partial charge >= 0.3 is 6.04 Å². The Morgan fingerprint density at radius 2 is 2.10 bits per heavy atom. The first-order valence-electron chi connectivity index (χ1n) is 10.8. The number of likely N-dealkylation sites (tertiary alicyclic amines) is 1. The van der Waals surface area contributed by atoms with Crippen LogP contribution >= 0.6 is 0 Å². The van der Waals surface area contributed by atoms with Gasteiger partial charge in [0.15, 0.2) is 5.88 Å².